The topological polar surface area (TPSA) is 54.0 Å². The molecule has 0 fully saturated rings. The number of hydrogen-bond donors (Lipinski definition) is 0. The Kier molecular flexibility index (Phi) is 8.06. The molecule has 0 aromatic rings. The molecule has 0 aliphatic carbocycles. The highest BCUT2D eigenvalue weighted by molar-refractivity contribution is 6.60. The second kappa shape index (κ2) is 8.41. The van der Waals surface area contributed by atoms with Crippen molar-refractivity contribution in [2.24, 2.45) is 0 Å². The number of rotatable bonds is 9. The molecule has 0 bridgehead atoms. The third-order valence-corrected chi connectivity index (χ3v) is 5.04. The Labute approximate surface area is 104 Å². The van der Waals surface area contributed by atoms with Gasteiger partial charge in [-0.25, -0.2) is 4.79 Å². The Morgan fingerprint density at radius 3 is 2.29 bits per heavy atom. The molecule has 0 saturated heterocycles. The van der Waals surface area contributed by atoms with Gasteiger partial charge in [0.2, 0.25) is 0 Å². The first-order valence-corrected chi connectivity index (χ1v) is 7.51. The van der Waals surface area contributed by atoms with Crippen molar-refractivity contribution >= 4 is 14.8 Å². The van der Waals surface area contributed by atoms with Gasteiger partial charge in [0.25, 0.3) is 0 Å². The zero-order chi connectivity index (χ0) is 13.3. The van der Waals surface area contributed by atoms with Crippen LogP contribution in [0.2, 0.25) is 6.04 Å². The predicted molar refractivity (Wildman–Crippen MR) is 66.3 cm³/mol. The minimum atomic E-state index is -2.67. The molecule has 100 valence electrons. The molecule has 0 saturated carbocycles. The Morgan fingerprint density at radius 1 is 1.29 bits per heavy atom. The van der Waals surface area contributed by atoms with Crippen LogP contribution in [0.4, 0.5) is 0 Å². The number of esters is 1. The molecular formula is C11H22O5Si. The molecule has 0 aromatic heterocycles. The molecule has 0 aliphatic rings. The number of carbonyl (C=O) groups is 1. The maximum atomic E-state index is 11.2. The van der Waals surface area contributed by atoms with Gasteiger partial charge in [0.05, 0.1) is 0 Å². The van der Waals surface area contributed by atoms with E-state index in [0.717, 1.165) is 12.8 Å². The van der Waals surface area contributed by atoms with E-state index in [1.54, 1.807) is 21.1 Å². The number of hydrogen-bond acceptors (Lipinski definition) is 5. The van der Waals surface area contributed by atoms with E-state index in [-0.39, 0.29) is 6.79 Å². The summed E-state index contributed by atoms with van der Waals surface area (Å²) in [6.07, 6.45) is 1.97. The molecule has 0 heterocycles. The Hall–Kier alpha value is -0.693. The highest BCUT2D eigenvalue weighted by atomic mass is 28.4. The molecule has 0 unspecified atom stereocenters. The van der Waals surface area contributed by atoms with E-state index in [9.17, 15) is 4.79 Å². The molecule has 0 aromatic carbocycles. The van der Waals surface area contributed by atoms with Gasteiger partial charge in [-0.1, -0.05) is 19.9 Å². The molecule has 0 aliphatic heterocycles. The SMILES string of the molecule is C=C(C)C(=O)OCO[Si](CCCC)(OC)OC. The van der Waals surface area contributed by atoms with E-state index in [0.29, 0.717) is 11.6 Å². The van der Waals surface area contributed by atoms with E-state index in [1.807, 2.05) is 0 Å². The summed E-state index contributed by atoms with van der Waals surface area (Å²) in [6.45, 7) is 6.97. The van der Waals surface area contributed by atoms with E-state index < -0.39 is 14.8 Å². The van der Waals surface area contributed by atoms with Crippen LogP contribution in [0.1, 0.15) is 26.7 Å². The molecule has 0 amide bonds. The van der Waals surface area contributed by atoms with E-state index in [1.165, 1.54) is 0 Å². The standard InChI is InChI=1S/C11H22O5Si/c1-6-7-8-17(13-4,14-5)16-9-15-11(12)10(2)3/h2,6-9H2,1,3-5H3. The fourth-order valence-corrected chi connectivity index (χ4v) is 3.15. The first-order chi connectivity index (χ1) is 8.01. The van der Waals surface area contributed by atoms with Crippen LogP contribution in [0.25, 0.3) is 0 Å². The van der Waals surface area contributed by atoms with Crippen LogP contribution in [-0.2, 0) is 22.8 Å². The van der Waals surface area contributed by atoms with Crippen molar-refractivity contribution in [2.75, 3.05) is 21.0 Å². The molecule has 0 atom stereocenters. The molecule has 5 nitrogen and oxygen atoms in total. The van der Waals surface area contributed by atoms with E-state index in [4.69, 9.17) is 18.0 Å². The summed E-state index contributed by atoms with van der Waals surface area (Å²) in [4.78, 5) is 11.2. The zero-order valence-electron chi connectivity index (χ0n) is 11.1. The molecular weight excluding hydrogens is 240 g/mol. The smallest absolute Gasteiger partial charge is 0.436 e. The highest BCUT2D eigenvalue weighted by Crippen LogP contribution is 2.17. The zero-order valence-corrected chi connectivity index (χ0v) is 12.1. The second-order valence-corrected chi connectivity index (χ2v) is 6.64. The summed E-state index contributed by atoms with van der Waals surface area (Å²) in [5, 5.41) is 0. The van der Waals surface area contributed by atoms with Crippen molar-refractivity contribution in [2.45, 2.75) is 32.7 Å². The number of unbranched alkanes of at least 4 members (excludes halogenated alkanes) is 1. The van der Waals surface area contributed by atoms with Crippen molar-refractivity contribution in [1.29, 1.82) is 0 Å². The molecule has 0 radical (unpaired) electrons. The largest absolute Gasteiger partial charge is 0.502 e. The minimum absolute atomic E-state index is 0.163. The van der Waals surface area contributed by atoms with Crippen molar-refractivity contribution in [3.05, 3.63) is 12.2 Å². The van der Waals surface area contributed by atoms with Gasteiger partial charge in [0, 0.05) is 25.8 Å². The van der Waals surface area contributed by atoms with E-state index >= 15 is 0 Å². The average Bonchev–Trinajstić information content (AvgIpc) is 2.33. The lowest BCUT2D eigenvalue weighted by molar-refractivity contribution is -0.147. The average molecular weight is 262 g/mol. The lowest BCUT2D eigenvalue weighted by atomic mass is 10.4. The quantitative estimate of drug-likeness (QED) is 0.276. The molecule has 0 spiro atoms. The third kappa shape index (κ3) is 5.97. The van der Waals surface area contributed by atoms with Crippen LogP contribution in [0.15, 0.2) is 12.2 Å². The van der Waals surface area contributed by atoms with Gasteiger partial charge in [0.1, 0.15) is 0 Å². The lowest BCUT2D eigenvalue weighted by Crippen LogP contribution is -2.44. The summed E-state index contributed by atoms with van der Waals surface area (Å²) < 4.78 is 20.9. The third-order valence-electron chi connectivity index (χ3n) is 2.28. The summed E-state index contributed by atoms with van der Waals surface area (Å²) in [7, 11) is 0.422. The van der Waals surface area contributed by atoms with Crippen molar-refractivity contribution in [1.82, 2.24) is 0 Å². The van der Waals surface area contributed by atoms with Gasteiger partial charge in [0.15, 0.2) is 6.79 Å². The second-order valence-electron chi connectivity index (χ2n) is 3.67. The first-order valence-electron chi connectivity index (χ1n) is 5.58. The maximum absolute atomic E-state index is 11.2. The van der Waals surface area contributed by atoms with Gasteiger partial charge >= 0.3 is 14.8 Å². The van der Waals surface area contributed by atoms with Crippen molar-refractivity contribution < 1.29 is 22.8 Å². The summed E-state index contributed by atoms with van der Waals surface area (Å²) in [6, 6.07) is 0.709. The first kappa shape index (κ1) is 16.3. The Morgan fingerprint density at radius 2 is 1.88 bits per heavy atom. The monoisotopic (exact) mass is 262 g/mol. The van der Waals surface area contributed by atoms with Crippen LogP contribution in [-0.4, -0.2) is 35.8 Å². The molecule has 0 N–H and O–H groups in total. The Balaban J connectivity index is 4.16. The molecule has 0 rings (SSSR count). The fourth-order valence-electron chi connectivity index (χ4n) is 1.17. The fraction of sp³-hybridized carbons (Fsp3) is 0.727. The van der Waals surface area contributed by atoms with Crippen LogP contribution in [0.3, 0.4) is 0 Å². The number of carbonyl (C=O) groups excluding carboxylic acids is 1. The maximum Gasteiger partial charge on any atom is 0.502 e. The van der Waals surface area contributed by atoms with Crippen LogP contribution >= 0.6 is 0 Å². The van der Waals surface area contributed by atoms with Gasteiger partial charge in [-0.3, -0.25) is 0 Å². The lowest BCUT2D eigenvalue weighted by Gasteiger charge is -2.25. The number of ether oxygens (including phenoxy) is 1. The van der Waals surface area contributed by atoms with Crippen molar-refractivity contribution in [3.8, 4) is 0 Å². The highest BCUT2D eigenvalue weighted by Gasteiger charge is 2.38. The van der Waals surface area contributed by atoms with Crippen molar-refractivity contribution in [3.63, 3.8) is 0 Å². The van der Waals surface area contributed by atoms with E-state index in [2.05, 4.69) is 13.5 Å². The molecule has 6 heteroatoms. The summed E-state index contributed by atoms with van der Waals surface area (Å²) in [5.41, 5.74) is 0.337. The summed E-state index contributed by atoms with van der Waals surface area (Å²) >= 11 is 0. The predicted octanol–water partition coefficient (Wildman–Crippen LogP) is 2.11. The minimum Gasteiger partial charge on any atom is -0.436 e. The van der Waals surface area contributed by atoms with Crippen LogP contribution in [0, 0.1) is 0 Å². The van der Waals surface area contributed by atoms with Crippen LogP contribution in [0.5, 0.6) is 0 Å². The van der Waals surface area contributed by atoms with Crippen LogP contribution < -0.4 is 0 Å². The van der Waals surface area contributed by atoms with Gasteiger partial charge in [-0.05, 0) is 13.3 Å². The van der Waals surface area contributed by atoms with Gasteiger partial charge in [-0.15, -0.1) is 0 Å². The van der Waals surface area contributed by atoms with Gasteiger partial charge < -0.3 is 18.0 Å². The normalized spacial score (nSPS) is 11.3. The molecule has 17 heavy (non-hydrogen) atoms. The van der Waals surface area contributed by atoms with Gasteiger partial charge in [-0.2, -0.15) is 0 Å². The Bertz CT molecular complexity index is 250. The summed E-state index contributed by atoms with van der Waals surface area (Å²) in [5.74, 6) is -0.476.